The summed E-state index contributed by atoms with van der Waals surface area (Å²) in [7, 11) is 0. The highest BCUT2D eigenvalue weighted by Gasteiger charge is 2.27. The summed E-state index contributed by atoms with van der Waals surface area (Å²) < 4.78 is 1.67. The van der Waals surface area contributed by atoms with Crippen molar-refractivity contribution >= 4 is 28.6 Å². The topological polar surface area (TPSA) is 55.2 Å². The molecule has 1 amide bonds. The van der Waals surface area contributed by atoms with Crippen LogP contribution in [-0.2, 0) is 17.9 Å². The Morgan fingerprint density at radius 1 is 0.882 bits per heavy atom. The summed E-state index contributed by atoms with van der Waals surface area (Å²) in [6, 6.07) is 27.2. The Kier molecular flexibility index (Phi) is 7.17. The lowest BCUT2D eigenvalue weighted by atomic mass is 10.0. The maximum absolute atomic E-state index is 13.4. The number of fused-ring (bicyclic) bond motifs is 1. The normalized spacial score (nSPS) is 11.5. The number of hydrogen-bond donors (Lipinski definition) is 0. The van der Waals surface area contributed by atoms with Gasteiger partial charge in [-0.3, -0.25) is 14.2 Å². The molecule has 0 aliphatic carbocycles. The fourth-order valence-corrected chi connectivity index (χ4v) is 4.71. The van der Waals surface area contributed by atoms with E-state index in [2.05, 4.69) is 0 Å². The average molecular weight is 472 g/mol. The highest BCUT2D eigenvalue weighted by molar-refractivity contribution is 7.99. The lowest BCUT2D eigenvalue weighted by molar-refractivity contribution is -0.133. The van der Waals surface area contributed by atoms with E-state index >= 15 is 0 Å². The van der Waals surface area contributed by atoms with Gasteiger partial charge in [-0.25, -0.2) is 4.98 Å². The van der Waals surface area contributed by atoms with Crippen molar-refractivity contribution in [3.05, 3.63) is 106 Å². The van der Waals surface area contributed by atoms with Gasteiger partial charge in [0.1, 0.15) is 0 Å². The summed E-state index contributed by atoms with van der Waals surface area (Å²) in [6.45, 7) is 7.06. The largest absolute Gasteiger partial charge is 0.333 e. The van der Waals surface area contributed by atoms with Crippen molar-refractivity contribution in [3.63, 3.8) is 0 Å². The first-order valence-corrected chi connectivity index (χ1v) is 12.3. The third-order valence-corrected chi connectivity index (χ3v) is 6.59. The monoisotopic (exact) mass is 471 g/mol. The number of benzene rings is 3. The predicted octanol–water partition coefficient (Wildman–Crippen LogP) is 5.36. The molecule has 0 saturated heterocycles. The van der Waals surface area contributed by atoms with Gasteiger partial charge in [0.05, 0.1) is 23.2 Å². The molecule has 1 heterocycles. The van der Waals surface area contributed by atoms with Gasteiger partial charge in [0, 0.05) is 12.1 Å². The lowest BCUT2D eigenvalue weighted by Gasteiger charge is -2.36. The van der Waals surface area contributed by atoms with E-state index < -0.39 is 0 Å². The number of rotatable bonds is 7. The molecule has 0 fully saturated rings. The number of nitrogens with zero attached hydrogens (tertiary/aromatic N) is 3. The Labute approximate surface area is 204 Å². The van der Waals surface area contributed by atoms with Crippen molar-refractivity contribution in [1.29, 1.82) is 0 Å². The van der Waals surface area contributed by atoms with Gasteiger partial charge in [-0.2, -0.15) is 0 Å². The third kappa shape index (κ3) is 5.57. The van der Waals surface area contributed by atoms with Crippen molar-refractivity contribution in [1.82, 2.24) is 14.5 Å². The molecule has 0 N–H and O–H groups in total. The number of hydrogen-bond acceptors (Lipinski definition) is 4. The minimum absolute atomic E-state index is 0.00928. The van der Waals surface area contributed by atoms with Crippen LogP contribution in [0.2, 0.25) is 0 Å². The van der Waals surface area contributed by atoms with E-state index in [1.165, 1.54) is 11.8 Å². The molecule has 0 radical (unpaired) electrons. The van der Waals surface area contributed by atoms with Crippen molar-refractivity contribution in [2.24, 2.45) is 0 Å². The maximum Gasteiger partial charge on any atom is 0.262 e. The summed E-state index contributed by atoms with van der Waals surface area (Å²) in [5.41, 5.74) is 2.30. The Morgan fingerprint density at radius 3 is 2.12 bits per heavy atom. The highest BCUT2D eigenvalue weighted by atomic mass is 32.2. The SMILES string of the molecule is CC(C)(C)N(Cc1ccccc1)C(=O)CSc1nc2ccccc2c(=O)n1Cc1ccccc1. The van der Waals surface area contributed by atoms with Crippen molar-refractivity contribution < 1.29 is 4.79 Å². The van der Waals surface area contributed by atoms with E-state index in [0.717, 1.165) is 11.1 Å². The lowest BCUT2D eigenvalue weighted by Crippen LogP contribution is -2.46. The molecule has 6 heteroatoms. The smallest absolute Gasteiger partial charge is 0.262 e. The number of thioether (sulfide) groups is 1. The van der Waals surface area contributed by atoms with Crippen LogP contribution in [0.1, 0.15) is 31.9 Å². The van der Waals surface area contributed by atoms with Gasteiger partial charge in [0.2, 0.25) is 5.91 Å². The second-order valence-corrected chi connectivity index (χ2v) is 10.2. The van der Waals surface area contributed by atoms with Gasteiger partial charge in [0.25, 0.3) is 5.56 Å². The molecule has 174 valence electrons. The molecular weight excluding hydrogens is 442 g/mol. The van der Waals surface area contributed by atoms with E-state index in [1.54, 1.807) is 10.6 Å². The Morgan fingerprint density at radius 2 is 1.47 bits per heavy atom. The van der Waals surface area contributed by atoms with Crippen LogP contribution in [0.15, 0.2) is 94.9 Å². The Bertz CT molecular complexity index is 1330. The molecule has 4 aromatic rings. The molecule has 34 heavy (non-hydrogen) atoms. The van der Waals surface area contributed by atoms with Crippen molar-refractivity contribution in [2.45, 2.75) is 44.6 Å². The molecule has 0 spiro atoms. The van der Waals surface area contributed by atoms with Crippen LogP contribution < -0.4 is 5.56 Å². The van der Waals surface area contributed by atoms with Crippen LogP contribution in [0.25, 0.3) is 10.9 Å². The fourth-order valence-electron chi connectivity index (χ4n) is 3.83. The number of aromatic nitrogens is 2. The first-order chi connectivity index (χ1) is 16.3. The number of carbonyl (C=O) groups excluding carboxylic acids is 1. The van der Waals surface area contributed by atoms with E-state index in [0.29, 0.717) is 29.1 Å². The number of amides is 1. The van der Waals surface area contributed by atoms with Crippen LogP contribution in [0.5, 0.6) is 0 Å². The standard InChI is InChI=1S/C28H29N3O2S/c1-28(2,3)31(19-22-14-8-5-9-15-22)25(32)20-34-27-29-24-17-11-10-16-23(24)26(33)30(27)18-21-12-6-4-7-13-21/h4-17H,18-20H2,1-3H3. The molecule has 0 aliphatic rings. The predicted molar refractivity (Wildman–Crippen MR) is 139 cm³/mol. The highest BCUT2D eigenvalue weighted by Crippen LogP contribution is 2.23. The van der Waals surface area contributed by atoms with Gasteiger partial charge in [-0.15, -0.1) is 0 Å². The van der Waals surface area contributed by atoms with Crippen LogP contribution in [-0.4, -0.2) is 31.6 Å². The zero-order valence-electron chi connectivity index (χ0n) is 19.8. The second kappa shape index (κ2) is 10.3. The fraction of sp³-hybridized carbons (Fsp3) is 0.250. The molecule has 4 rings (SSSR count). The van der Waals surface area contributed by atoms with Crippen molar-refractivity contribution in [2.75, 3.05) is 5.75 Å². The zero-order chi connectivity index (χ0) is 24.1. The molecule has 5 nitrogen and oxygen atoms in total. The molecule has 1 aromatic heterocycles. The van der Waals surface area contributed by atoms with E-state index in [9.17, 15) is 9.59 Å². The summed E-state index contributed by atoms with van der Waals surface area (Å²) in [5, 5.41) is 1.13. The van der Waals surface area contributed by atoms with Gasteiger partial charge in [-0.1, -0.05) is 84.6 Å². The molecule has 0 bridgehead atoms. The van der Waals surface area contributed by atoms with Crippen molar-refractivity contribution in [3.8, 4) is 0 Å². The van der Waals surface area contributed by atoms with Gasteiger partial charge in [0.15, 0.2) is 5.16 Å². The Hall–Kier alpha value is -3.38. The minimum Gasteiger partial charge on any atom is -0.333 e. The second-order valence-electron chi connectivity index (χ2n) is 9.21. The minimum atomic E-state index is -0.339. The first kappa shape index (κ1) is 23.8. The molecule has 0 unspecified atom stereocenters. The number of para-hydroxylation sites is 1. The zero-order valence-corrected chi connectivity index (χ0v) is 20.6. The van der Waals surface area contributed by atoms with E-state index in [4.69, 9.17) is 4.98 Å². The molecule has 0 saturated carbocycles. The van der Waals surface area contributed by atoms with Gasteiger partial charge in [-0.05, 0) is 44.0 Å². The van der Waals surface area contributed by atoms with E-state index in [1.807, 2.05) is 105 Å². The molecule has 0 atom stereocenters. The quantitative estimate of drug-likeness (QED) is 0.269. The molecule has 0 aliphatic heterocycles. The summed E-state index contributed by atoms with van der Waals surface area (Å²) in [6.07, 6.45) is 0. The number of carbonyl (C=O) groups is 1. The average Bonchev–Trinajstić information content (AvgIpc) is 2.83. The van der Waals surface area contributed by atoms with E-state index in [-0.39, 0.29) is 22.8 Å². The maximum atomic E-state index is 13.4. The van der Waals surface area contributed by atoms with Gasteiger partial charge >= 0.3 is 0 Å². The van der Waals surface area contributed by atoms with Gasteiger partial charge < -0.3 is 4.90 Å². The summed E-state index contributed by atoms with van der Waals surface area (Å²) in [4.78, 5) is 33.4. The van der Waals surface area contributed by atoms with Crippen LogP contribution >= 0.6 is 11.8 Å². The van der Waals surface area contributed by atoms with Crippen LogP contribution in [0.4, 0.5) is 0 Å². The van der Waals surface area contributed by atoms with Crippen LogP contribution in [0.3, 0.4) is 0 Å². The van der Waals surface area contributed by atoms with Crippen LogP contribution in [0, 0.1) is 0 Å². The third-order valence-electron chi connectivity index (χ3n) is 5.63. The summed E-state index contributed by atoms with van der Waals surface area (Å²) in [5.74, 6) is 0.207. The molecule has 3 aromatic carbocycles. The Balaban J connectivity index is 1.63. The first-order valence-electron chi connectivity index (χ1n) is 11.3. The molecular formula is C28H29N3O2S. The summed E-state index contributed by atoms with van der Waals surface area (Å²) >= 11 is 1.32.